The fourth-order valence-electron chi connectivity index (χ4n) is 3.01. The van der Waals surface area contributed by atoms with Gasteiger partial charge in [0.2, 0.25) is 5.91 Å². The maximum atomic E-state index is 12.9. The molecule has 1 aromatic carbocycles. The van der Waals surface area contributed by atoms with Crippen LogP contribution >= 0.6 is 0 Å². The van der Waals surface area contributed by atoms with Gasteiger partial charge in [-0.15, -0.1) is 0 Å². The Labute approximate surface area is 124 Å². The first-order chi connectivity index (χ1) is 10.2. The van der Waals surface area contributed by atoms with Gasteiger partial charge in [-0.3, -0.25) is 4.79 Å². The first-order valence-electron chi connectivity index (χ1n) is 7.65. The zero-order chi connectivity index (χ0) is 14.7. The topological polar surface area (TPSA) is 41.6 Å². The smallest absolute Gasteiger partial charge is 0.249 e. The van der Waals surface area contributed by atoms with Crippen molar-refractivity contribution in [3.05, 3.63) is 30.1 Å². The molecule has 4 nitrogen and oxygen atoms in total. The zero-order valence-corrected chi connectivity index (χ0v) is 12.1. The van der Waals surface area contributed by atoms with E-state index in [1.165, 1.54) is 12.1 Å². The van der Waals surface area contributed by atoms with Crippen molar-refractivity contribution in [1.82, 2.24) is 5.32 Å². The van der Waals surface area contributed by atoms with E-state index in [1.54, 1.807) is 12.1 Å². The normalized spacial score (nSPS) is 23.3. The molecule has 21 heavy (non-hydrogen) atoms. The Morgan fingerprint density at radius 2 is 1.90 bits per heavy atom. The second kappa shape index (κ2) is 6.43. The molecule has 2 saturated heterocycles. The molecule has 2 aliphatic heterocycles. The highest BCUT2D eigenvalue weighted by Gasteiger charge is 2.27. The molecule has 1 N–H and O–H groups in total. The van der Waals surface area contributed by atoms with Gasteiger partial charge in [-0.1, -0.05) is 0 Å². The number of hydrogen-bond acceptors (Lipinski definition) is 3. The molecule has 0 saturated carbocycles. The Hall–Kier alpha value is -1.62. The first-order valence-corrected chi connectivity index (χ1v) is 7.65. The van der Waals surface area contributed by atoms with Gasteiger partial charge in [0.1, 0.15) is 11.9 Å². The number of ether oxygens (including phenoxy) is 1. The van der Waals surface area contributed by atoms with Gasteiger partial charge in [0, 0.05) is 31.4 Å². The molecular weight excluding hydrogens is 271 g/mol. The maximum Gasteiger partial charge on any atom is 0.249 e. The van der Waals surface area contributed by atoms with E-state index in [0.717, 1.165) is 44.5 Å². The Balaban J connectivity index is 1.48. The SMILES string of the molecule is O=C(NC1CCN(c2ccc(F)cc2)CC1)[C@@H]1CCCO1. The Morgan fingerprint density at radius 3 is 2.52 bits per heavy atom. The highest BCUT2D eigenvalue weighted by molar-refractivity contribution is 5.81. The van der Waals surface area contributed by atoms with Gasteiger partial charge in [0.15, 0.2) is 0 Å². The molecule has 1 amide bonds. The van der Waals surface area contributed by atoms with Crippen LogP contribution in [-0.4, -0.2) is 37.7 Å². The van der Waals surface area contributed by atoms with Crippen LogP contribution in [0.25, 0.3) is 0 Å². The molecule has 1 aromatic rings. The van der Waals surface area contributed by atoms with Gasteiger partial charge in [-0.2, -0.15) is 0 Å². The highest BCUT2D eigenvalue weighted by Crippen LogP contribution is 2.21. The third kappa shape index (κ3) is 3.53. The fraction of sp³-hybridized carbons (Fsp3) is 0.562. The number of carbonyl (C=O) groups is 1. The molecule has 0 unspecified atom stereocenters. The van der Waals surface area contributed by atoms with Crippen molar-refractivity contribution >= 4 is 11.6 Å². The van der Waals surface area contributed by atoms with E-state index in [1.807, 2.05) is 0 Å². The summed E-state index contributed by atoms with van der Waals surface area (Å²) in [4.78, 5) is 14.2. The van der Waals surface area contributed by atoms with Gasteiger partial charge >= 0.3 is 0 Å². The molecule has 114 valence electrons. The lowest BCUT2D eigenvalue weighted by molar-refractivity contribution is -0.130. The van der Waals surface area contributed by atoms with Crippen LogP contribution in [0.4, 0.5) is 10.1 Å². The van der Waals surface area contributed by atoms with Crippen LogP contribution in [0.1, 0.15) is 25.7 Å². The number of carbonyl (C=O) groups excluding carboxylic acids is 1. The van der Waals surface area contributed by atoms with Crippen molar-refractivity contribution in [1.29, 1.82) is 0 Å². The van der Waals surface area contributed by atoms with Crippen molar-refractivity contribution in [3.8, 4) is 0 Å². The van der Waals surface area contributed by atoms with Crippen molar-refractivity contribution in [2.24, 2.45) is 0 Å². The van der Waals surface area contributed by atoms with Crippen LogP contribution in [0.3, 0.4) is 0 Å². The van der Waals surface area contributed by atoms with E-state index in [2.05, 4.69) is 10.2 Å². The minimum Gasteiger partial charge on any atom is -0.371 e. The summed E-state index contributed by atoms with van der Waals surface area (Å²) in [6.45, 7) is 2.45. The molecule has 2 fully saturated rings. The van der Waals surface area contributed by atoms with Gasteiger partial charge in [0.25, 0.3) is 0 Å². The summed E-state index contributed by atoms with van der Waals surface area (Å²) in [7, 11) is 0. The summed E-state index contributed by atoms with van der Waals surface area (Å²) in [6, 6.07) is 6.81. The van der Waals surface area contributed by atoms with Crippen molar-refractivity contribution < 1.29 is 13.9 Å². The largest absolute Gasteiger partial charge is 0.371 e. The van der Waals surface area contributed by atoms with E-state index in [0.29, 0.717) is 6.61 Å². The fourth-order valence-corrected chi connectivity index (χ4v) is 3.01. The van der Waals surface area contributed by atoms with Crippen molar-refractivity contribution in [2.75, 3.05) is 24.6 Å². The predicted octanol–water partition coefficient (Wildman–Crippen LogP) is 2.09. The third-order valence-corrected chi connectivity index (χ3v) is 4.26. The molecule has 2 aliphatic rings. The van der Waals surface area contributed by atoms with Gasteiger partial charge < -0.3 is 15.0 Å². The summed E-state index contributed by atoms with van der Waals surface area (Å²) in [5.41, 5.74) is 1.04. The number of nitrogens with zero attached hydrogens (tertiary/aromatic N) is 1. The molecule has 2 heterocycles. The third-order valence-electron chi connectivity index (χ3n) is 4.26. The Bertz CT molecular complexity index is 478. The van der Waals surface area contributed by atoms with E-state index in [-0.39, 0.29) is 23.9 Å². The van der Waals surface area contributed by atoms with Crippen molar-refractivity contribution in [3.63, 3.8) is 0 Å². The van der Waals surface area contributed by atoms with E-state index in [9.17, 15) is 9.18 Å². The minimum atomic E-state index is -0.250. The molecule has 0 spiro atoms. The second-order valence-electron chi connectivity index (χ2n) is 5.75. The number of amides is 1. The van der Waals surface area contributed by atoms with Crippen molar-refractivity contribution in [2.45, 2.75) is 37.8 Å². The molecule has 1 atom stereocenters. The second-order valence-corrected chi connectivity index (χ2v) is 5.75. The molecular formula is C16H21FN2O2. The highest BCUT2D eigenvalue weighted by atomic mass is 19.1. The van der Waals surface area contributed by atoms with Crippen LogP contribution in [0.15, 0.2) is 24.3 Å². The molecule has 0 radical (unpaired) electrons. The number of halogens is 1. The number of piperidine rings is 1. The van der Waals surface area contributed by atoms with E-state index < -0.39 is 0 Å². The van der Waals surface area contributed by atoms with Gasteiger partial charge in [-0.05, 0) is 49.9 Å². The molecule has 0 aliphatic carbocycles. The predicted molar refractivity (Wildman–Crippen MR) is 78.8 cm³/mol. The summed E-state index contributed by atoms with van der Waals surface area (Å²) in [5, 5.41) is 3.09. The number of benzene rings is 1. The average Bonchev–Trinajstić information content (AvgIpc) is 3.03. The van der Waals surface area contributed by atoms with Crippen LogP contribution in [0.2, 0.25) is 0 Å². The number of rotatable bonds is 3. The molecule has 0 aromatic heterocycles. The van der Waals surface area contributed by atoms with Gasteiger partial charge in [-0.25, -0.2) is 4.39 Å². The number of anilines is 1. The number of hydrogen-bond donors (Lipinski definition) is 1. The summed E-state index contributed by atoms with van der Waals surface area (Å²) in [5.74, 6) is -0.176. The molecule has 0 bridgehead atoms. The summed E-state index contributed by atoms with van der Waals surface area (Å²) < 4.78 is 18.3. The van der Waals surface area contributed by atoms with Gasteiger partial charge in [0.05, 0.1) is 0 Å². The Kier molecular flexibility index (Phi) is 4.39. The van der Waals surface area contributed by atoms with Crippen LogP contribution < -0.4 is 10.2 Å². The lowest BCUT2D eigenvalue weighted by atomic mass is 10.0. The standard InChI is InChI=1S/C16H21FN2O2/c17-12-3-5-14(6-4-12)19-9-7-13(8-10-19)18-16(20)15-2-1-11-21-15/h3-6,13,15H,1-2,7-11H2,(H,18,20)/t15-/m0/s1. The maximum absolute atomic E-state index is 12.9. The first kappa shape index (κ1) is 14.3. The average molecular weight is 292 g/mol. The number of nitrogens with one attached hydrogen (secondary N) is 1. The quantitative estimate of drug-likeness (QED) is 0.927. The Morgan fingerprint density at radius 1 is 1.19 bits per heavy atom. The van der Waals surface area contributed by atoms with Crippen LogP contribution in [-0.2, 0) is 9.53 Å². The summed E-state index contributed by atoms with van der Waals surface area (Å²) in [6.07, 6.45) is 3.38. The van der Waals surface area contributed by atoms with Crippen LogP contribution in [0.5, 0.6) is 0 Å². The molecule has 3 rings (SSSR count). The van der Waals surface area contributed by atoms with E-state index in [4.69, 9.17) is 4.74 Å². The van der Waals surface area contributed by atoms with E-state index >= 15 is 0 Å². The zero-order valence-electron chi connectivity index (χ0n) is 12.1. The monoisotopic (exact) mass is 292 g/mol. The minimum absolute atomic E-state index is 0.0349. The summed E-state index contributed by atoms with van der Waals surface area (Å²) >= 11 is 0. The lowest BCUT2D eigenvalue weighted by Crippen LogP contribution is -2.47. The molecule has 5 heteroatoms. The lowest BCUT2D eigenvalue weighted by Gasteiger charge is -2.34. The van der Waals surface area contributed by atoms with Crippen LogP contribution in [0, 0.1) is 5.82 Å².